The van der Waals surface area contributed by atoms with Crippen molar-refractivity contribution in [2.45, 2.75) is 0 Å². The third-order valence-electron chi connectivity index (χ3n) is 9.11. The topological polar surface area (TPSA) is 18.1 Å². The molecular weight excluding hydrogens is 661 g/mol. The number of rotatable bonds is 3. The second-order valence-corrected chi connectivity index (χ2v) is 16.8. The van der Waals surface area contributed by atoms with E-state index < -0.39 is 19.8 Å². The van der Waals surface area contributed by atoms with Crippen LogP contribution in [-0.2, 0) is 0 Å². The number of halogens is 1. The second-order valence-electron chi connectivity index (χ2n) is 11.6. The molecule has 0 amide bonds. The van der Waals surface area contributed by atoms with Crippen LogP contribution in [0.1, 0.15) is 0 Å². The summed E-state index contributed by atoms with van der Waals surface area (Å²) in [6.45, 7) is 0. The van der Waals surface area contributed by atoms with Gasteiger partial charge in [-0.3, -0.25) is 0 Å². The van der Waals surface area contributed by atoms with E-state index in [4.69, 9.17) is 4.42 Å². The van der Waals surface area contributed by atoms with E-state index in [2.05, 4.69) is 156 Å². The number of hydrogen-bond acceptors (Lipinski definition) is 1. The first kappa shape index (κ1) is 25.2. The Bertz CT molecular complexity index is 2610. The van der Waals surface area contributed by atoms with Gasteiger partial charge in [-0.25, -0.2) is 0 Å². The minimum absolute atomic E-state index is 0.953. The molecule has 3 heterocycles. The zero-order valence-electron chi connectivity index (χ0n) is 24.2. The molecule has 0 saturated heterocycles. The van der Waals surface area contributed by atoms with Crippen LogP contribution in [0.2, 0.25) is 0 Å². The Morgan fingerprint density at radius 3 is 2.04 bits per heavy atom. The molecule has 2 aromatic heterocycles. The van der Waals surface area contributed by atoms with Gasteiger partial charge in [0.15, 0.2) is 0 Å². The first-order chi connectivity index (χ1) is 22.3. The van der Waals surface area contributed by atoms with Crippen LogP contribution in [0.25, 0.3) is 71.7 Å². The normalized spacial score (nSPS) is 13.2. The maximum atomic E-state index is 6.17. The van der Waals surface area contributed by atoms with Crippen LogP contribution in [0.3, 0.4) is 0 Å². The van der Waals surface area contributed by atoms with Gasteiger partial charge in [0.25, 0.3) is 0 Å². The predicted octanol–water partition coefficient (Wildman–Crippen LogP) is 11.7. The van der Waals surface area contributed by atoms with Crippen molar-refractivity contribution >= 4 is 63.6 Å². The Labute approximate surface area is 267 Å². The molecule has 212 valence electrons. The fourth-order valence-electron chi connectivity index (χ4n) is 7.09. The van der Waals surface area contributed by atoms with Gasteiger partial charge < -0.3 is 0 Å². The van der Waals surface area contributed by atoms with E-state index in [0.29, 0.717) is 0 Å². The molecule has 0 radical (unpaired) electrons. The van der Waals surface area contributed by atoms with Crippen molar-refractivity contribution in [2.24, 2.45) is 0 Å². The first-order valence-corrected chi connectivity index (χ1v) is 18.5. The summed E-state index contributed by atoms with van der Waals surface area (Å²) in [5, 5.41) is 4.96. The van der Waals surface area contributed by atoms with Crippen molar-refractivity contribution in [3.05, 3.63) is 168 Å². The molecule has 0 unspecified atom stereocenters. The Hall–Kier alpha value is -5.13. The van der Waals surface area contributed by atoms with Crippen molar-refractivity contribution < 1.29 is 4.42 Å². The van der Waals surface area contributed by atoms with Crippen molar-refractivity contribution in [1.82, 2.24) is 4.57 Å². The zero-order valence-corrected chi connectivity index (χ0v) is 26.4. The minimum atomic E-state index is -1.90. The molecule has 0 saturated carbocycles. The zero-order chi connectivity index (χ0) is 29.5. The molecule has 0 N–H and O–H groups in total. The van der Waals surface area contributed by atoms with E-state index in [-0.39, 0.29) is 0 Å². The summed E-state index contributed by atoms with van der Waals surface area (Å²) in [4.78, 5) is 0. The summed E-state index contributed by atoms with van der Waals surface area (Å²) in [6, 6.07) is 57.9. The molecule has 3 heteroatoms. The van der Waals surface area contributed by atoms with Crippen molar-refractivity contribution in [3.63, 3.8) is 0 Å². The molecule has 10 rings (SSSR count). The molecule has 1 aliphatic heterocycles. The molecule has 2 nitrogen and oxygen atoms in total. The van der Waals surface area contributed by atoms with Gasteiger partial charge in [0, 0.05) is 0 Å². The molecule has 0 aliphatic carbocycles. The van der Waals surface area contributed by atoms with Gasteiger partial charge in [-0.1, -0.05) is 6.07 Å². The van der Waals surface area contributed by atoms with E-state index >= 15 is 0 Å². The van der Waals surface area contributed by atoms with E-state index in [1.807, 2.05) is 6.07 Å². The van der Waals surface area contributed by atoms with E-state index in [1.165, 1.54) is 71.2 Å². The first-order valence-electron chi connectivity index (χ1n) is 15.3. The maximum absolute atomic E-state index is 6.17. The summed E-state index contributed by atoms with van der Waals surface area (Å²) >= 11 is -1.90. The van der Waals surface area contributed by atoms with Gasteiger partial charge in [-0.05, 0) is 0 Å². The Morgan fingerprint density at radius 1 is 0.422 bits per heavy atom. The standard InChI is InChI=1S/C42H26INO/c1-2-10-30(11-3-1)44-39-16-8-5-13-32(39)35-25-28(19-22-40(35)44)27-18-21-38-34(24-27)31-12-4-7-15-37(31)43(38)29-20-23-42-36(26-29)33-14-6-9-17-41(33)45-42/h1-26H. The molecule has 0 spiro atoms. The van der Waals surface area contributed by atoms with Gasteiger partial charge in [-0.2, -0.15) is 0 Å². The Morgan fingerprint density at radius 2 is 1.11 bits per heavy atom. The number of fused-ring (bicyclic) bond motifs is 9. The molecular formula is C42H26INO. The third-order valence-corrected chi connectivity index (χ3v) is 15.2. The van der Waals surface area contributed by atoms with E-state index in [0.717, 1.165) is 11.2 Å². The Kier molecular flexibility index (Phi) is 5.43. The summed E-state index contributed by atoms with van der Waals surface area (Å²) in [5.41, 5.74) is 10.8. The fourth-order valence-corrected chi connectivity index (χ4v) is 13.4. The molecule has 7 aromatic carbocycles. The Balaban J connectivity index is 1.13. The van der Waals surface area contributed by atoms with Crippen LogP contribution >= 0.6 is 19.8 Å². The summed E-state index contributed by atoms with van der Waals surface area (Å²) < 4.78 is 13.0. The van der Waals surface area contributed by atoms with Gasteiger partial charge >= 0.3 is 263 Å². The van der Waals surface area contributed by atoms with Crippen molar-refractivity contribution in [2.75, 3.05) is 0 Å². The average molecular weight is 688 g/mol. The SMILES string of the molecule is c1ccc(-n2c3ccccc3c3cc(-c4ccc5c(c4)-c4ccccc4I5c4ccc5oc6ccccc6c5c4)ccc32)cc1. The van der Waals surface area contributed by atoms with Crippen LogP contribution in [0.15, 0.2) is 162 Å². The van der Waals surface area contributed by atoms with Crippen LogP contribution in [0.5, 0.6) is 0 Å². The van der Waals surface area contributed by atoms with Crippen molar-refractivity contribution in [1.29, 1.82) is 0 Å². The molecule has 0 atom stereocenters. The molecule has 45 heavy (non-hydrogen) atoms. The number of hydrogen-bond donors (Lipinski definition) is 0. The van der Waals surface area contributed by atoms with Gasteiger partial charge in [-0.15, -0.1) is 0 Å². The van der Waals surface area contributed by atoms with Gasteiger partial charge in [0.05, 0.1) is 0 Å². The molecule has 9 aromatic rings. The van der Waals surface area contributed by atoms with Crippen LogP contribution in [-0.4, -0.2) is 4.57 Å². The summed E-state index contributed by atoms with van der Waals surface area (Å²) in [6.07, 6.45) is 0. The number of aromatic nitrogens is 1. The third kappa shape index (κ3) is 3.74. The van der Waals surface area contributed by atoms with E-state index in [9.17, 15) is 0 Å². The molecule has 1 aliphatic rings. The van der Waals surface area contributed by atoms with E-state index in [1.54, 1.807) is 0 Å². The fraction of sp³-hybridized carbons (Fsp3) is 0. The number of furan rings is 1. The monoisotopic (exact) mass is 687 g/mol. The summed E-state index contributed by atoms with van der Waals surface area (Å²) in [5.74, 6) is 0. The summed E-state index contributed by atoms with van der Waals surface area (Å²) in [7, 11) is 0. The van der Waals surface area contributed by atoms with Crippen molar-refractivity contribution in [3.8, 4) is 27.9 Å². The number of nitrogens with zero attached hydrogens (tertiary/aromatic N) is 1. The quantitative estimate of drug-likeness (QED) is 0.169. The number of para-hydroxylation sites is 3. The molecule has 0 fully saturated rings. The van der Waals surface area contributed by atoms with Crippen LogP contribution in [0, 0.1) is 10.7 Å². The second kappa shape index (κ2) is 9.68. The van der Waals surface area contributed by atoms with Gasteiger partial charge in [0.1, 0.15) is 0 Å². The van der Waals surface area contributed by atoms with Crippen LogP contribution < -0.4 is 0 Å². The van der Waals surface area contributed by atoms with Crippen LogP contribution in [0.4, 0.5) is 0 Å². The number of benzene rings is 7. The predicted molar refractivity (Wildman–Crippen MR) is 195 cm³/mol. The average Bonchev–Trinajstić information content (AvgIpc) is 3.75. The molecule has 0 bridgehead atoms. The van der Waals surface area contributed by atoms with Gasteiger partial charge in [0.2, 0.25) is 0 Å².